The third kappa shape index (κ3) is 5.04. The van der Waals surface area contributed by atoms with Crippen LogP contribution in [-0.2, 0) is 4.79 Å². The molecule has 0 aliphatic carbocycles. The lowest BCUT2D eigenvalue weighted by atomic mass is 9.99. The van der Waals surface area contributed by atoms with Crippen LogP contribution in [0.5, 0.6) is 0 Å². The molecular formula is C15H32N4O. The highest BCUT2D eigenvalue weighted by Crippen LogP contribution is 2.17. The van der Waals surface area contributed by atoms with Crippen LogP contribution in [0.1, 0.15) is 26.7 Å². The molecule has 1 atom stereocenters. The Hall–Kier alpha value is -0.650. The van der Waals surface area contributed by atoms with Crippen LogP contribution in [0.15, 0.2) is 0 Å². The first-order valence-corrected chi connectivity index (χ1v) is 7.72. The van der Waals surface area contributed by atoms with Gasteiger partial charge in [0, 0.05) is 19.1 Å². The van der Waals surface area contributed by atoms with Crippen LogP contribution in [0.4, 0.5) is 0 Å². The predicted octanol–water partition coefficient (Wildman–Crippen LogP) is 0.454. The van der Waals surface area contributed by atoms with Crippen molar-refractivity contribution in [3.63, 3.8) is 0 Å². The number of likely N-dealkylation sites (tertiary alicyclic amines) is 1. The molecule has 0 aromatic carbocycles. The van der Waals surface area contributed by atoms with Gasteiger partial charge in [0.25, 0.3) is 0 Å². The van der Waals surface area contributed by atoms with Gasteiger partial charge in [0.1, 0.15) is 0 Å². The van der Waals surface area contributed by atoms with Crippen LogP contribution in [0.3, 0.4) is 0 Å². The fourth-order valence-electron chi connectivity index (χ4n) is 2.56. The summed E-state index contributed by atoms with van der Waals surface area (Å²) in [7, 11) is 6.22. The molecule has 118 valence electrons. The van der Waals surface area contributed by atoms with Gasteiger partial charge in [0.05, 0.1) is 6.04 Å². The second kappa shape index (κ2) is 7.96. The quantitative estimate of drug-likeness (QED) is 0.770. The number of carbonyl (C=O) groups excluding carboxylic acids is 1. The standard InChI is InChI=1S/C15H32N4O/c1-12(2)14(16)15(20)19(11-10-17(3)4)13-6-8-18(5)9-7-13/h12-14H,6-11,16H2,1-5H3. The van der Waals surface area contributed by atoms with Crippen molar-refractivity contribution in [3.05, 3.63) is 0 Å². The zero-order chi connectivity index (χ0) is 15.3. The summed E-state index contributed by atoms with van der Waals surface area (Å²) in [5, 5.41) is 0. The molecule has 0 saturated carbocycles. The molecule has 0 radical (unpaired) electrons. The predicted molar refractivity (Wildman–Crippen MR) is 83.6 cm³/mol. The average Bonchev–Trinajstić information content (AvgIpc) is 2.39. The van der Waals surface area contributed by atoms with Crippen molar-refractivity contribution in [2.75, 3.05) is 47.3 Å². The molecule has 1 aliphatic rings. The van der Waals surface area contributed by atoms with Crippen molar-refractivity contribution >= 4 is 5.91 Å². The second-order valence-corrected chi connectivity index (χ2v) is 6.64. The topological polar surface area (TPSA) is 52.8 Å². The normalized spacial score (nSPS) is 19.6. The number of hydrogen-bond acceptors (Lipinski definition) is 4. The number of nitrogens with two attached hydrogens (primary N) is 1. The summed E-state index contributed by atoms with van der Waals surface area (Å²) in [4.78, 5) is 19.1. The summed E-state index contributed by atoms with van der Waals surface area (Å²) in [6.45, 7) is 7.83. The summed E-state index contributed by atoms with van der Waals surface area (Å²) >= 11 is 0. The Balaban J connectivity index is 2.71. The minimum Gasteiger partial charge on any atom is -0.337 e. The van der Waals surface area contributed by atoms with E-state index in [1.165, 1.54) is 0 Å². The molecule has 2 N–H and O–H groups in total. The Bertz CT molecular complexity index is 298. The largest absolute Gasteiger partial charge is 0.337 e. The van der Waals surface area contributed by atoms with E-state index in [-0.39, 0.29) is 17.9 Å². The number of nitrogens with zero attached hydrogens (tertiary/aromatic N) is 3. The highest BCUT2D eigenvalue weighted by atomic mass is 16.2. The minimum atomic E-state index is -0.378. The first kappa shape index (κ1) is 17.4. The number of hydrogen-bond donors (Lipinski definition) is 1. The molecule has 0 spiro atoms. The lowest BCUT2D eigenvalue weighted by Gasteiger charge is -2.39. The SMILES string of the molecule is CC(C)C(N)C(=O)N(CCN(C)C)C1CCN(C)CC1. The molecule has 1 saturated heterocycles. The minimum absolute atomic E-state index is 0.122. The Kier molecular flexibility index (Phi) is 6.92. The maximum absolute atomic E-state index is 12.6. The number of amides is 1. The third-order valence-corrected chi connectivity index (χ3v) is 4.20. The van der Waals surface area contributed by atoms with Crippen LogP contribution < -0.4 is 5.73 Å². The van der Waals surface area contributed by atoms with Gasteiger partial charge in [-0.05, 0) is 53.0 Å². The Morgan fingerprint density at radius 2 is 1.80 bits per heavy atom. The second-order valence-electron chi connectivity index (χ2n) is 6.64. The summed E-state index contributed by atoms with van der Waals surface area (Å²) in [6, 6.07) is -0.0275. The summed E-state index contributed by atoms with van der Waals surface area (Å²) in [5.41, 5.74) is 6.09. The molecule has 1 amide bonds. The molecular weight excluding hydrogens is 252 g/mol. The van der Waals surface area contributed by atoms with E-state index in [1.807, 2.05) is 32.8 Å². The fourth-order valence-corrected chi connectivity index (χ4v) is 2.56. The third-order valence-electron chi connectivity index (χ3n) is 4.20. The van der Waals surface area contributed by atoms with Gasteiger partial charge >= 0.3 is 0 Å². The highest BCUT2D eigenvalue weighted by molar-refractivity contribution is 5.82. The number of piperidine rings is 1. The van der Waals surface area contributed by atoms with Crippen molar-refractivity contribution in [2.45, 2.75) is 38.8 Å². The Labute approximate surface area is 124 Å². The molecule has 0 bridgehead atoms. The Morgan fingerprint density at radius 1 is 1.25 bits per heavy atom. The number of carbonyl (C=O) groups is 1. The molecule has 1 rings (SSSR count). The molecule has 0 aromatic rings. The van der Waals surface area contributed by atoms with Crippen molar-refractivity contribution in [2.24, 2.45) is 11.7 Å². The van der Waals surface area contributed by atoms with Gasteiger partial charge in [-0.2, -0.15) is 0 Å². The first-order chi connectivity index (χ1) is 9.32. The van der Waals surface area contributed by atoms with Crippen LogP contribution in [0.25, 0.3) is 0 Å². The lowest BCUT2D eigenvalue weighted by molar-refractivity contribution is -0.137. The van der Waals surface area contributed by atoms with E-state index in [2.05, 4.69) is 16.8 Å². The summed E-state index contributed by atoms with van der Waals surface area (Å²) in [6.07, 6.45) is 2.11. The monoisotopic (exact) mass is 284 g/mol. The van der Waals surface area contributed by atoms with Gasteiger partial charge < -0.3 is 20.4 Å². The van der Waals surface area contributed by atoms with E-state index in [4.69, 9.17) is 5.73 Å². The van der Waals surface area contributed by atoms with Crippen molar-refractivity contribution in [3.8, 4) is 0 Å². The Morgan fingerprint density at radius 3 is 2.25 bits per heavy atom. The van der Waals surface area contributed by atoms with E-state index in [1.54, 1.807) is 0 Å². The van der Waals surface area contributed by atoms with Gasteiger partial charge in [-0.25, -0.2) is 0 Å². The zero-order valence-electron chi connectivity index (χ0n) is 13.8. The van der Waals surface area contributed by atoms with E-state index in [9.17, 15) is 4.79 Å². The van der Waals surface area contributed by atoms with Gasteiger partial charge in [-0.15, -0.1) is 0 Å². The number of rotatable bonds is 6. The van der Waals surface area contributed by atoms with E-state index in [0.717, 1.165) is 39.0 Å². The van der Waals surface area contributed by atoms with E-state index >= 15 is 0 Å². The lowest BCUT2D eigenvalue weighted by Crippen LogP contribution is -2.54. The van der Waals surface area contributed by atoms with Crippen molar-refractivity contribution < 1.29 is 4.79 Å². The maximum atomic E-state index is 12.6. The zero-order valence-corrected chi connectivity index (χ0v) is 13.8. The number of likely N-dealkylation sites (N-methyl/N-ethyl adjacent to an activating group) is 1. The molecule has 20 heavy (non-hydrogen) atoms. The maximum Gasteiger partial charge on any atom is 0.240 e. The molecule has 1 unspecified atom stereocenters. The summed E-state index contributed by atoms with van der Waals surface area (Å²) in [5.74, 6) is 0.312. The van der Waals surface area contributed by atoms with Crippen molar-refractivity contribution in [1.29, 1.82) is 0 Å². The average molecular weight is 284 g/mol. The van der Waals surface area contributed by atoms with Gasteiger partial charge in [0.2, 0.25) is 5.91 Å². The molecule has 5 heteroatoms. The van der Waals surface area contributed by atoms with Crippen LogP contribution in [0.2, 0.25) is 0 Å². The smallest absolute Gasteiger partial charge is 0.240 e. The molecule has 5 nitrogen and oxygen atoms in total. The van der Waals surface area contributed by atoms with Gasteiger partial charge in [0.15, 0.2) is 0 Å². The van der Waals surface area contributed by atoms with E-state index in [0.29, 0.717) is 6.04 Å². The molecule has 1 fully saturated rings. The van der Waals surface area contributed by atoms with Crippen LogP contribution in [-0.4, -0.2) is 80.0 Å². The van der Waals surface area contributed by atoms with Gasteiger partial charge in [-0.3, -0.25) is 4.79 Å². The first-order valence-electron chi connectivity index (χ1n) is 7.72. The van der Waals surface area contributed by atoms with E-state index < -0.39 is 0 Å². The molecule has 1 aliphatic heterocycles. The molecule has 1 heterocycles. The fraction of sp³-hybridized carbons (Fsp3) is 0.933. The highest BCUT2D eigenvalue weighted by Gasteiger charge is 2.30. The van der Waals surface area contributed by atoms with Crippen LogP contribution >= 0.6 is 0 Å². The summed E-state index contributed by atoms with van der Waals surface area (Å²) < 4.78 is 0. The van der Waals surface area contributed by atoms with Crippen LogP contribution in [0, 0.1) is 5.92 Å². The van der Waals surface area contributed by atoms with Crippen molar-refractivity contribution in [1.82, 2.24) is 14.7 Å². The van der Waals surface area contributed by atoms with Gasteiger partial charge in [-0.1, -0.05) is 13.8 Å². The molecule has 0 aromatic heterocycles.